The number of hydrogen-bond acceptors (Lipinski definition) is 2. The molecule has 0 amide bonds. The molecule has 1 aliphatic carbocycles. The monoisotopic (exact) mass is 244 g/mol. The van der Waals surface area contributed by atoms with Crippen molar-refractivity contribution < 1.29 is 5.11 Å². The molecule has 1 saturated carbocycles. The maximum Gasteiger partial charge on any atom is 0.0998 e. The lowest BCUT2D eigenvalue weighted by atomic mass is 10.1. The second-order valence-electron chi connectivity index (χ2n) is 3.82. The lowest BCUT2D eigenvalue weighted by molar-refractivity contribution is 0.138. The number of nitrogens with zero attached hydrogens (tertiary/aromatic N) is 2. The Morgan fingerprint density at radius 2 is 2.38 bits per heavy atom. The average Bonchev–Trinajstić information content (AvgIpc) is 2.70. The first-order valence-electron chi connectivity index (χ1n) is 4.46. The van der Waals surface area contributed by atoms with Gasteiger partial charge in [0, 0.05) is 7.05 Å². The second kappa shape index (κ2) is 3.10. The zero-order valence-electron chi connectivity index (χ0n) is 7.74. The first-order valence-corrected chi connectivity index (χ1v) is 5.26. The Labute approximate surface area is 85.9 Å². The highest BCUT2D eigenvalue weighted by molar-refractivity contribution is 9.10. The maximum atomic E-state index is 9.99. The molecule has 0 bridgehead atoms. The molecule has 0 radical (unpaired) electrons. The van der Waals surface area contributed by atoms with E-state index in [1.54, 1.807) is 10.9 Å². The van der Waals surface area contributed by atoms with Crippen molar-refractivity contribution in [1.29, 1.82) is 0 Å². The van der Waals surface area contributed by atoms with Crippen LogP contribution in [-0.4, -0.2) is 14.9 Å². The van der Waals surface area contributed by atoms with Crippen LogP contribution in [0.3, 0.4) is 0 Å². The molecule has 1 heterocycles. The van der Waals surface area contributed by atoms with Crippen LogP contribution in [0.1, 0.15) is 25.1 Å². The van der Waals surface area contributed by atoms with Gasteiger partial charge < -0.3 is 5.11 Å². The van der Waals surface area contributed by atoms with Gasteiger partial charge in [-0.2, -0.15) is 5.10 Å². The van der Waals surface area contributed by atoms with E-state index in [0.29, 0.717) is 11.8 Å². The second-order valence-corrected chi connectivity index (χ2v) is 4.68. The molecule has 3 atom stereocenters. The number of aliphatic hydroxyl groups is 1. The smallest absolute Gasteiger partial charge is 0.0998 e. The van der Waals surface area contributed by atoms with Crippen LogP contribution in [0.4, 0.5) is 0 Å². The fraction of sp³-hybridized carbons (Fsp3) is 0.667. The molecule has 1 aromatic rings. The highest BCUT2D eigenvalue weighted by Crippen LogP contribution is 2.47. The topological polar surface area (TPSA) is 38.1 Å². The summed E-state index contributed by atoms with van der Waals surface area (Å²) >= 11 is 3.39. The third-order valence-corrected chi connectivity index (χ3v) is 3.41. The Hall–Kier alpha value is -0.350. The van der Waals surface area contributed by atoms with Gasteiger partial charge in [-0.3, -0.25) is 4.68 Å². The predicted octanol–water partition coefficient (Wildman–Crippen LogP) is 1.87. The van der Waals surface area contributed by atoms with Gasteiger partial charge in [-0.25, -0.2) is 0 Å². The van der Waals surface area contributed by atoms with E-state index >= 15 is 0 Å². The van der Waals surface area contributed by atoms with Crippen molar-refractivity contribution in [2.24, 2.45) is 18.9 Å². The fourth-order valence-corrected chi connectivity index (χ4v) is 2.33. The van der Waals surface area contributed by atoms with Gasteiger partial charge >= 0.3 is 0 Å². The van der Waals surface area contributed by atoms with E-state index in [9.17, 15) is 5.11 Å². The van der Waals surface area contributed by atoms with Gasteiger partial charge in [-0.15, -0.1) is 0 Å². The predicted molar refractivity (Wildman–Crippen MR) is 53.1 cm³/mol. The highest BCUT2D eigenvalue weighted by Gasteiger charge is 2.41. The molecule has 1 aliphatic rings. The van der Waals surface area contributed by atoms with E-state index in [-0.39, 0.29) is 6.10 Å². The largest absolute Gasteiger partial charge is 0.386 e. The van der Waals surface area contributed by atoms with Crippen LogP contribution in [0.2, 0.25) is 0 Å². The van der Waals surface area contributed by atoms with Crippen molar-refractivity contribution in [2.75, 3.05) is 0 Å². The minimum Gasteiger partial charge on any atom is -0.386 e. The highest BCUT2D eigenvalue weighted by atomic mass is 79.9. The summed E-state index contributed by atoms with van der Waals surface area (Å²) in [5.74, 6) is 1.07. The van der Waals surface area contributed by atoms with E-state index in [0.717, 1.165) is 16.6 Å². The number of aliphatic hydroxyl groups excluding tert-OH is 1. The minimum atomic E-state index is -0.364. The van der Waals surface area contributed by atoms with E-state index in [1.165, 1.54) is 0 Å². The van der Waals surface area contributed by atoms with E-state index in [2.05, 4.69) is 28.0 Å². The number of hydrogen-bond donors (Lipinski definition) is 1. The summed E-state index contributed by atoms with van der Waals surface area (Å²) in [5, 5.41) is 14.1. The molecule has 0 spiro atoms. The van der Waals surface area contributed by atoms with E-state index < -0.39 is 0 Å². The molecule has 13 heavy (non-hydrogen) atoms. The third-order valence-electron chi connectivity index (χ3n) is 2.80. The summed E-state index contributed by atoms with van der Waals surface area (Å²) in [6.45, 7) is 2.16. The summed E-state index contributed by atoms with van der Waals surface area (Å²) in [5.41, 5.74) is 0.898. The molecule has 72 valence electrons. The number of aryl methyl sites for hydroxylation is 1. The molecular weight excluding hydrogens is 232 g/mol. The van der Waals surface area contributed by atoms with E-state index in [4.69, 9.17) is 0 Å². The molecular formula is C9H13BrN2O. The molecule has 3 unspecified atom stereocenters. The van der Waals surface area contributed by atoms with Crippen LogP contribution in [0.25, 0.3) is 0 Å². The lowest BCUT2D eigenvalue weighted by Crippen LogP contribution is -2.08. The van der Waals surface area contributed by atoms with Crippen LogP contribution >= 0.6 is 15.9 Å². The van der Waals surface area contributed by atoms with Gasteiger partial charge in [0.1, 0.15) is 0 Å². The normalized spacial score (nSPS) is 28.9. The zero-order valence-corrected chi connectivity index (χ0v) is 9.32. The molecule has 1 fully saturated rings. The fourth-order valence-electron chi connectivity index (χ4n) is 1.75. The van der Waals surface area contributed by atoms with Crippen molar-refractivity contribution in [3.8, 4) is 0 Å². The molecule has 1 N–H and O–H groups in total. The standard InChI is InChI=1S/C9H13BrN2O/c1-5-3-6(5)9(13)8-7(10)4-11-12(8)2/h4-6,9,13H,3H2,1-2H3. The summed E-state index contributed by atoms with van der Waals surface area (Å²) in [7, 11) is 1.86. The number of aromatic nitrogens is 2. The zero-order chi connectivity index (χ0) is 9.59. The van der Waals surface area contributed by atoms with Crippen LogP contribution in [-0.2, 0) is 7.05 Å². The Morgan fingerprint density at radius 1 is 1.77 bits per heavy atom. The Bertz CT molecular complexity index is 304. The summed E-state index contributed by atoms with van der Waals surface area (Å²) < 4.78 is 2.64. The Kier molecular flexibility index (Phi) is 2.20. The molecule has 1 aromatic heterocycles. The van der Waals surface area contributed by atoms with Gasteiger partial charge in [0.25, 0.3) is 0 Å². The van der Waals surface area contributed by atoms with Gasteiger partial charge in [0.2, 0.25) is 0 Å². The van der Waals surface area contributed by atoms with Crippen molar-refractivity contribution in [3.05, 3.63) is 16.4 Å². The molecule has 0 aromatic carbocycles. The van der Waals surface area contributed by atoms with Crippen molar-refractivity contribution in [2.45, 2.75) is 19.4 Å². The van der Waals surface area contributed by atoms with Gasteiger partial charge in [0.05, 0.1) is 22.5 Å². The first kappa shape index (κ1) is 9.21. The van der Waals surface area contributed by atoms with Crippen LogP contribution in [0, 0.1) is 11.8 Å². The molecule has 3 nitrogen and oxygen atoms in total. The van der Waals surface area contributed by atoms with Crippen LogP contribution in [0.5, 0.6) is 0 Å². The third kappa shape index (κ3) is 1.53. The molecule has 2 rings (SSSR count). The number of rotatable bonds is 2. The summed E-state index contributed by atoms with van der Waals surface area (Å²) in [4.78, 5) is 0. The van der Waals surface area contributed by atoms with Gasteiger partial charge in [0.15, 0.2) is 0 Å². The Balaban J connectivity index is 2.24. The SMILES string of the molecule is CC1CC1C(O)c1c(Br)cnn1C. The van der Waals surface area contributed by atoms with Crippen molar-refractivity contribution in [3.63, 3.8) is 0 Å². The Morgan fingerprint density at radius 3 is 2.77 bits per heavy atom. The van der Waals surface area contributed by atoms with Crippen molar-refractivity contribution in [1.82, 2.24) is 9.78 Å². The van der Waals surface area contributed by atoms with Gasteiger partial charge in [-0.05, 0) is 34.2 Å². The summed E-state index contributed by atoms with van der Waals surface area (Å²) in [6, 6.07) is 0. The summed E-state index contributed by atoms with van der Waals surface area (Å²) in [6.07, 6.45) is 2.49. The minimum absolute atomic E-state index is 0.364. The van der Waals surface area contributed by atoms with Gasteiger partial charge in [-0.1, -0.05) is 6.92 Å². The van der Waals surface area contributed by atoms with Crippen LogP contribution < -0.4 is 0 Å². The van der Waals surface area contributed by atoms with Crippen LogP contribution in [0.15, 0.2) is 10.7 Å². The molecule has 4 heteroatoms. The van der Waals surface area contributed by atoms with Crippen molar-refractivity contribution >= 4 is 15.9 Å². The molecule has 0 aliphatic heterocycles. The number of halogens is 1. The lowest BCUT2D eigenvalue weighted by Gasteiger charge is -2.10. The maximum absolute atomic E-state index is 9.99. The quantitative estimate of drug-likeness (QED) is 0.863. The molecule has 0 saturated heterocycles. The average molecular weight is 245 g/mol. The van der Waals surface area contributed by atoms with E-state index in [1.807, 2.05) is 7.05 Å². The first-order chi connectivity index (χ1) is 6.11.